The molecule has 11 heteroatoms. The molecule has 0 radical (unpaired) electrons. The minimum Gasteiger partial charge on any atom is -0.349 e. The number of nitrogens with one attached hydrogen (secondary N) is 2. The Morgan fingerprint density at radius 3 is 2.46 bits per heavy atom. The second-order valence-electron chi connectivity index (χ2n) is 11.9. The minimum absolute atomic E-state index is 0.0297. The number of quaternary nitrogens is 1. The van der Waals surface area contributed by atoms with Crippen molar-refractivity contribution in [3.63, 3.8) is 0 Å². The Morgan fingerprint density at radius 2 is 1.82 bits per heavy atom. The van der Waals surface area contributed by atoms with Gasteiger partial charge in [0.2, 0.25) is 10.0 Å². The first-order chi connectivity index (χ1) is 18.3. The van der Waals surface area contributed by atoms with Gasteiger partial charge in [-0.25, -0.2) is 17.7 Å². The van der Waals surface area contributed by atoms with Gasteiger partial charge >= 0.3 is 5.91 Å². The lowest BCUT2D eigenvalue weighted by Gasteiger charge is -2.49. The van der Waals surface area contributed by atoms with E-state index in [-0.39, 0.29) is 48.1 Å². The van der Waals surface area contributed by atoms with Crippen molar-refractivity contribution in [3.8, 4) is 0 Å². The predicted octanol–water partition coefficient (Wildman–Crippen LogP) is 3.16. The van der Waals surface area contributed by atoms with E-state index < -0.39 is 32.1 Å². The van der Waals surface area contributed by atoms with E-state index in [4.69, 9.17) is 11.6 Å². The average molecular weight is 576 g/mol. The van der Waals surface area contributed by atoms with Gasteiger partial charge in [0.25, 0.3) is 17.5 Å². The summed E-state index contributed by atoms with van der Waals surface area (Å²) in [4.78, 5) is 43.2. The first-order valence-electron chi connectivity index (χ1n) is 13.5. The van der Waals surface area contributed by atoms with Crippen molar-refractivity contribution >= 4 is 50.1 Å². The molecule has 210 valence electrons. The monoisotopic (exact) mass is 575 g/mol. The van der Waals surface area contributed by atoms with Crippen LogP contribution in [0, 0.1) is 5.41 Å². The van der Waals surface area contributed by atoms with Gasteiger partial charge in [-0.2, -0.15) is 0 Å². The van der Waals surface area contributed by atoms with E-state index in [0.717, 1.165) is 18.2 Å². The van der Waals surface area contributed by atoms with E-state index in [2.05, 4.69) is 23.9 Å². The molecule has 3 aliphatic heterocycles. The summed E-state index contributed by atoms with van der Waals surface area (Å²) in [7, 11) is -4.27. The largest absolute Gasteiger partial charge is 0.349 e. The van der Waals surface area contributed by atoms with Crippen LogP contribution < -0.4 is 10.0 Å². The smallest absolute Gasteiger partial charge is 0.316 e. The number of carbonyl (C=O) groups is 3. The maximum absolute atomic E-state index is 14.0. The van der Waals surface area contributed by atoms with Gasteiger partial charge in [-0.05, 0) is 60.2 Å². The highest BCUT2D eigenvalue weighted by atomic mass is 35.5. The molecule has 3 aliphatic rings. The number of hydrogen-bond donors (Lipinski definition) is 2. The summed E-state index contributed by atoms with van der Waals surface area (Å²) < 4.78 is 30.0. The number of halogens is 1. The maximum Gasteiger partial charge on any atom is 0.316 e. The number of benzene rings is 2. The standard InChI is InChI=1S/C28H35ClN4O5S/c1-19(25(35)32-14-5-11-27(2,3)18-32)33(15-4-6-24(33)34)28(12-13-30-26(28)36)31-39(37,38)23-10-8-20-16-22(29)9-7-21(20)17-23/h7-10,16-17,19,31H,4-6,11-15,18H2,1-3H3/p+1/t19-,28+,33?/m0/s1. The molecule has 5 rings (SSSR count). The lowest BCUT2D eigenvalue weighted by Crippen LogP contribution is -2.79. The van der Waals surface area contributed by atoms with Crippen molar-refractivity contribution in [2.24, 2.45) is 5.41 Å². The van der Waals surface area contributed by atoms with Crippen LogP contribution in [0.15, 0.2) is 41.3 Å². The molecule has 2 N–H and O–H groups in total. The molecule has 0 saturated carbocycles. The summed E-state index contributed by atoms with van der Waals surface area (Å²) in [6.07, 6.45) is 2.55. The topological polar surface area (TPSA) is 113 Å². The van der Waals surface area contributed by atoms with Crippen LogP contribution in [0.1, 0.15) is 52.9 Å². The SMILES string of the molecule is C[C@@H](C(=O)N1CCCC(C)(C)C1)[N+]1([C@]2(NS(=O)(=O)c3ccc4cc(Cl)ccc4c3)CCNC2=O)CCCC1=O. The molecule has 0 bridgehead atoms. The number of piperidine rings is 1. The van der Waals surface area contributed by atoms with E-state index in [1.165, 1.54) is 12.1 Å². The number of nitrogens with zero attached hydrogens (tertiary/aromatic N) is 2. The molecule has 0 aromatic heterocycles. The van der Waals surface area contributed by atoms with Crippen molar-refractivity contribution < 1.29 is 27.3 Å². The van der Waals surface area contributed by atoms with E-state index >= 15 is 0 Å². The molecule has 1 unspecified atom stereocenters. The van der Waals surface area contributed by atoms with Gasteiger partial charge in [-0.15, -0.1) is 4.72 Å². The highest BCUT2D eigenvalue weighted by Gasteiger charge is 2.69. The summed E-state index contributed by atoms with van der Waals surface area (Å²) in [6.45, 7) is 7.43. The van der Waals surface area contributed by atoms with Crippen LogP contribution in [0.5, 0.6) is 0 Å². The molecule has 3 atom stereocenters. The third-order valence-corrected chi connectivity index (χ3v) is 10.5. The first-order valence-corrected chi connectivity index (χ1v) is 15.4. The summed E-state index contributed by atoms with van der Waals surface area (Å²) in [5, 5.41) is 4.74. The normalized spacial score (nSPS) is 28.1. The zero-order valence-electron chi connectivity index (χ0n) is 22.6. The summed E-state index contributed by atoms with van der Waals surface area (Å²) in [5.74, 6) is -1.09. The van der Waals surface area contributed by atoms with Gasteiger partial charge in [0.15, 0.2) is 6.04 Å². The molecule has 39 heavy (non-hydrogen) atoms. The Morgan fingerprint density at radius 1 is 1.10 bits per heavy atom. The van der Waals surface area contributed by atoms with Crippen molar-refractivity contribution in [2.75, 3.05) is 26.2 Å². The average Bonchev–Trinajstić information content (AvgIpc) is 3.45. The molecule has 2 aromatic rings. The number of fused-ring (bicyclic) bond motifs is 1. The minimum atomic E-state index is -4.27. The van der Waals surface area contributed by atoms with E-state index in [1.54, 1.807) is 36.1 Å². The molecule has 3 fully saturated rings. The Bertz CT molecular complexity index is 1460. The predicted molar refractivity (Wildman–Crippen MR) is 148 cm³/mol. The molecule has 3 heterocycles. The quantitative estimate of drug-likeness (QED) is 0.514. The number of amides is 3. The molecule has 3 amide bonds. The van der Waals surface area contributed by atoms with Crippen LogP contribution in [-0.2, 0) is 24.4 Å². The van der Waals surface area contributed by atoms with Gasteiger partial charge in [0, 0.05) is 37.5 Å². The van der Waals surface area contributed by atoms with Crippen LogP contribution in [0.2, 0.25) is 5.02 Å². The van der Waals surface area contributed by atoms with Crippen LogP contribution in [0.4, 0.5) is 0 Å². The molecule has 2 aromatic carbocycles. The molecule has 9 nitrogen and oxygen atoms in total. The molecular formula is C28H36ClN4O5S+. The van der Waals surface area contributed by atoms with Gasteiger partial charge < -0.3 is 10.2 Å². The Kier molecular flexibility index (Phi) is 7.06. The number of rotatable bonds is 6. The van der Waals surface area contributed by atoms with Crippen molar-refractivity contribution in [2.45, 2.75) is 69.5 Å². The molecular weight excluding hydrogens is 540 g/mol. The van der Waals surface area contributed by atoms with Gasteiger partial charge in [-0.3, -0.25) is 9.59 Å². The van der Waals surface area contributed by atoms with Crippen molar-refractivity contribution in [3.05, 3.63) is 41.4 Å². The van der Waals surface area contributed by atoms with Crippen molar-refractivity contribution in [1.29, 1.82) is 0 Å². The van der Waals surface area contributed by atoms with Gasteiger partial charge in [0.05, 0.1) is 17.9 Å². The van der Waals surface area contributed by atoms with Crippen LogP contribution in [0.25, 0.3) is 10.8 Å². The number of likely N-dealkylation sites (tertiary alicyclic amines) is 2. The molecule has 0 aliphatic carbocycles. The lowest BCUT2D eigenvalue weighted by molar-refractivity contribution is -0.903. The number of carbonyl (C=O) groups excluding carboxylic acids is 3. The molecule has 3 saturated heterocycles. The van der Waals surface area contributed by atoms with Crippen molar-refractivity contribution in [1.82, 2.24) is 14.9 Å². The van der Waals surface area contributed by atoms with Crippen LogP contribution >= 0.6 is 11.6 Å². The highest BCUT2D eigenvalue weighted by Crippen LogP contribution is 2.41. The van der Waals surface area contributed by atoms with Crippen LogP contribution in [0.3, 0.4) is 0 Å². The summed E-state index contributed by atoms with van der Waals surface area (Å²) in [6, 6.07) is 8.86. The lowest BCUT2D eigenvalue weighted by atomic mass is 9.84. The number of hydrogen-bond acceptors (Lipinski definition) is 5. The Labute approximate surface area is 234 Å². The zero-order chi connectivity index (χ0) is 28.2. The second-order valence-corrected chi connectivity index (χ2v) is 14.0. The van der Waals surface area contributed by atoms with Crippen LogP contribution in [-0.4, -0.2) is 73.4 Å². The first kappa shape index (κ1) is 28.0. The van der Waals surface area contributed by atoms with E-state index in [9.17, 15) is 22.8 Å². The highest BCUT2D eigenvalue weighted by molar-refractivity contribution is 7.89. The van der Waals surface area contributed by atoms with E-state index in [1.807, 2.05) is 0 Å². The second kappa shape index (κ2) is 9.83. The Hall–Kier alpha value is -2.53. The fraction of sp³-hybridized carbons (Fsp3) is 0.536. The maximum atomic E-state index is 14.0. The Balaban J connectivity index is 1.57. The fourth-order valence-corrected chi connectivity index (χ4v) is 8.46. The number of sulfonamides is 1. The third kappa shape index (κ3) is 4.65. The van der Waals surface area contributed by atoms with Gasteiger partial charge in [0.1, 0.15) is 0 Å². The fourth-order valence-electron chi connectivity index (χ4n) is 6.83. The summed E-state index contributed by atoms with van der Waals surface area (Å²) >= 11 is 6.08. The zero-order valence-corrected chi connectivity index (χ0v) is 24.2. The molecule has 0 spiro atoms. The van der Waals surface area contributed by atoms with E-state index in [0.29, 0.717) is 29.9 Å². The third-order valence-electron chi connectivity index (χ3n) is 8.79. The van der Waals surface area contributed by atoms with Gasteiger partial charge in [-0.1, -0.05) is 37.6 Å². The summed E-state index contributed by atoms with van der Waals surface area (Å²) in [5.41, 5.74) is -1.89.